The van der Waals surface area contributed by atoms with Crippen molar-refractivity contribution >= 4 is 0 Å². The van der Waals surface area contributed by atoms with E-state index >= 15 is 0 Å². The van der Waals surface area contributed by atoms with Crippen LogP contribution >= 0.6 is 0 Å². The molecule has 132 valence electrons. The molecule has 0 spiro atoms. The van der Waals surface area contributed by atoms with Gasteiger partial charge in [0.15, 0.2) is 0 Å². The second-order valence-corrected chi connectivity index (χ2v) is 7.58. The Bertz CT molecular complexity index is 527. The Morgan fingerprint density at radius 1 is 0.958 bits per heavy atom. The molecule has 1 aromatic carbocycles. The fourth-order valence-electron chi connectivity index (χ4n) is 4.81. The number of methoxy groups -OCH3 is 1. The summed E-state index contributed by atoms with van der Waals surface area (Å²) in [7, 11) is 1.73. The molecule has 3 aliphatic heterocycles. The molecule has 24 heavy (non-hydrogen) atoms. The Balaban J connectivity index is 1.33. The van der Waals surface area contributed by atoms with Crippen LogP contribution in [0.25, 0.3) is 0 Å². The molecule has 4 heteroatoms. The first-order valence-corrected chi connectivity index (χ1v) is 9.52. The van der Waals surface area contributed by atoms with Crippen LogP contribution in [0, 0.1) is 5.92 Å². The predicted molar refractivity (Wildman–Crippen MR) is 95.3 cm³/mol. The molecule has 3 saturated heterocycles. The first kappa shape index (κ1) is 16.4. The standard InChI is InChI=1S/C20H30N2O2/c1-23-18-4-2-16(3-5-18)14-21-10-6-20-19(21)7-11-22(20)15-17-8-12-24-13-9-17/h2-5,17,19-20H,6-15H2,1H3/t19-,20+/m1/s1. The highest BCUT2D eigenvalue weighted by Crippen LogP contribution is 2.34. The molecule has 3 aliphatic rings. The number of likely N-dealkylation sites (tertiary alicyclic amines) is 2. The Labute approximate surface area is 145 Å². The van der Waals surface area contributed by atoms with Gasteiger partial charge >= 0.3 is 0 Å². The quantitative estimate of drug-likeness (QED) is 0.829. The van der Waals surface area contributed by atoms with Gasteiger partial charge in [0, 0.05) is 51.5 Å². The number of fused-ring (bicyclic) bond motifs is 1. The maximum atomic E-state index is 5.52. The molecule has 0 N–H and O–H groups in total. The van der Waals surface area contributed by atoms with Crippen LogP contribution < -0.4 is 4.74 Å². The molecule has 0 unspecified atom stereocenters. The summed E-state index contributed by atoms with van der Waals surface area (Å²) in [5.41, 5.74) is 1.40. The van der Waals surface area contributed by atoms with Crippen LogP contribution in [0.4, 0.5) is 0 Å². The minimum absolute atomic E-state index is 0.756. The highest BCUT2D eigenvalue weighted by molar-refractivity contribution is 5.27. The molecule has 0 bridgehead atoms. The molecule has 2 atom stereocenters. The molecule has 0 radical (unpaired) electrons. The smallest absolute Gasteiger partial charge is 0.118 e. The average Bonchev–Trinajstić information content (AvgIpc) is 3.20. The summed E-state index contributed by atoms with van der Waals surface area (Å²) in [4.78, 5) is 5.49. The zero-order valence-corrected chi connectivity index (χ0v) is 14.8. The Kier molecular flexibility index (Phi) is 5.06. The second kappa shape index (κ2) is 7.42. The third-order valence-corrected chi connectivity index (χ3v) is 6.18. The van der Waals surface area contributed by atoms with Crippen LogP contribution in [0.2, 0.25) is 0 Å². The highest BCUT2D eigenvalue weighted by atomic mass is 16.5. The lowest BCUT2D eigenvalue weighted by Crippen LogP contribution is -2.39. The first-order chi connectivity index (χ1) is 11.8. The molecule has 4 rings (SSSR count). The second-order valence-electron chi connectivity index (χ2n) is 7.58. The lowest BCUT2D eigenvalue weighted by molar-refractivity contribution is 0.0504. The zero-order chi connectivity index (χ0) is 16.4. The van der Waals surface area contributed by atoms with Crippen LogP contribution in [-0.2, 0) is 11.3 Å². The number of rotatable bonds is 5. The molecule has 0 saturated carbocycles. The van der Waals surface area contributed by atoms with E-state index in [1.807, 2.05) is 0 Å². The van der Waals surface area contributed by atoms with Crippen LogP contribution in [0.15, 0.2) is 24.3 Å². The van der Waals surface area contributed by atoms with Crippen LogP contribution in [-0.4, -0.2) is 61.8 Å². The van der Waals surface area contributed by atoms with Gasteiger partial charge in [-0.1, -0.05) is 12.1 Å². The fraction of sp³-hybridized carbons (Fsp3) is 0.700. The minimum Gasteiger partial charge on any atom is -0.497 e. The van der Waals surface area contributed by atoms with Crippen molar-refractivity contribution in [3.05, 3.63) is 29.8 Å². The summed E-state index contributed by atoms with van der Waals surface area (Å²) in [6, 6.07) is 10.1. The van der Waals surface area contributed by atoms with Gasteiger partial charge in [-0.05, 0) is 49.3 Å². The summed E-state index contributed by atoms with van der Waals surface area (Å²) in [6.07, 6.45) is 5.18. The van der Waals surface area contributed by atoms with Gasteiger partial charge in [-0.15, -0.1) is 0 Å². The van der Waals surface area contributed by atoms with Crippen molar-refractivity contribution in [1.82, 2.24) is 9.80 Å². The number of hydrogen-bond donors (Lipinski definition) is 0. The van der Waals surface area contributed by atoms with Gasteiger partial charge in [0.2, 0.25) is 0 Å². The van der Waals surface area contributed by atoms with Crippen molar-refractivity contribution in [2.45, 2.75) is 44.3 Å². The zero-order valence-electron chi connectivity index (χ0n) is 14.8. The van der Waals surface area contributed by atoms with E-state index < -0.39 is 0 Å². The normalized spacial score (nSPS) is 29.0. The average molecular weight is 330 g/mol. The highest BCUT2D eigenvalue weighted by Gasteiger charge is 2.42. The van der Waals surface area contributed by atoms with E-state index in [1.54, 1.807) is 7.11 Å². The monoisotopic (exact) mass is 330 g/mol. The Hall–Kier alpha value is -1.10. The molecular formula is C20H30N2O2. The van der Waals surface area contributed by atoms with E-state index in [9.17, 15) is 0 Å². The molecule has 0 amide bonds. The first-order valence-electron chi connectivity index (χ1n) is 9.52. The summed E-state index contributed by atoms with van der Waals surface area (Å²) in [5.74, 6) is 1.80. The van der Waals surface area contributed by atoms with Gasteiger partial charge < -0.3 is 9.47 Å². The molecule has 3 heterocycles. The number of ether oxygens (including phenoxy) is 2. The predicted octanol–water partition coefficient (Wildman–Crippen LogP) is 2.77. The summed E-state index contributed by atoms with van der Waals surface area (Å²) < 4.78 is 10.8. The lowest BCUT2D eigenvalue weighted by Gasteiger charge is -2.30. The maximum Gasteiger partial charge on any atom is 0.118 e. The van der Waals surface area contributed by atoms with Crippen molar-refractivity contribution in [2.75, 3.05) is 40.0 Å². The number of benzene rings is 1. The van der Waals surface area contributed by atoms with Gasteiger partial charge in [-0.25, -0.2) is 0 Å². The van der Waals surface area contributed by atoms with Crippen LogP contribution in [0.3, 0.4) is 0 Å². The van der Waals surface area contributed by atoms with Crippen LogP contribution in [0.1, 0.15) is 31.2 Å². The van der Waals surface area contributed by atoms with Crippen molar-refractivity contribution in [2.24, 2.45) is 5.92 Å². The lowest BCUT2D eigenvalue weighted by atomic mass is 9.99. The number of hydrogen-bond acceptors (Lipinski definition) is 4. The van der Waals surface area contributed by atoms with Gasteiger partial charge in [-0.3, -0.25) is 9.80 Å². The van der Waals surface area contributed by atoms with E-state index in [0.717, 1.165) is 43.5 Å². The SMILES string of the molecule is COc1ccc(CN2CC[C@H]3[C@H]2CCN3CC2CCOCC2)cc1. The van der Waals surface area contributed by atoms with E-state index in [4.69, 9.17) is 9.47 Å². The molecule has 0 aliphatic carbocycles. The van der Waals surface area contributed by atoms with Crippen LogP contribution in [0.5, 0.6) is 5.75 Å². The Morgan fingerprint density at radius 3 is 2.33 bits per heavy atom. The summed E-state index contributed by atoms with van der Waals surface area (Å²) >= 11 is 0. The van der Waals surface area contributed by atoms with Crippen molar-refractivity contribution in [1.29, 1.82) is 0 Å². The largest absolute Gasteiger partial charge is 0.497 e. The minimum atomic E-state index is 0.756. The maximum absolute atomic E-state index is 5.52. The van der Waals surface area contributed by atoms with E-state index in [2.05, 4.69) is 34.1 Å². The van der Waals surface area contributed by atoms with Gasteiger partial charge in [0.25, 0.3) is 0 Å². The van der Waals surface area contributed by atoms with E-state index in [0.29, 0.717) is 0 Å². The van der Waals surface area contributed by atoms with Gasteiger partial charge in [0.1, 0.15) is 5.75 Å². The summed E-state index contributed by atoms with van der Waals surface area (Å²) in [5, 5.41) is 0. The van der Waals surface area contributed by atoms with Crippen molar-refractivity contribution < 1.29 is 9.47 Å². The fourth-order valence-corrected chi connectivity index (χ4v) is 4.81. The van der Waals surface area contributed by atoms with Crippen molar-refractivity contribution in [3.63, 3.8) is 0 Å². The van der Waals surface area contributed by atoms with Gasteiger partial charge in [-0.2, -0.15) is 0 Å². The van der Waals surface area contributed by atoms with Crippen molar-refractivity contribution in [3.8, 4) is 5.75 Å². The molecule has 0 aromatic heterocycles. The molecular weight excluding hydrogens is 300 g/mol. The summed E-state index contributed by atoms with van der Waals surface area (Å²) in [6.45, 7) is 6.83. The van der Waals surface area contributed by atoms with E-state index in [-0.39, 0.29) is 0 Å². The molecule has 1 aromatic rings. The third kappa shape index (κ3) is 3.46. The van der Waals surface area contributed by atoms with E-state index in [1.165, 1.54) is 50.9 Å². The topological polar surface area (TPSA) is 24.9 Å². The molecule has 3 fully saturated rings. The number of nitrogens with zero attached hydrogens (tertiary/aromatic N) is 2. The molecule has 4 nitrogen and oxygen atoms in total. The Morgan fingerprint density at radius 2 is 1.62 bits per heavy atom. The third-order valence-electron chi connectivity index (χ3n) is 6.18. The van der Waals surface area contributed by atoms with Gasteiger partial charge in [0.05, 0.1) is 7.11 Å².